The summed E-state index contributed by atoms with van der Waals surface area (Å²) in [5.74, 6) is 0. The van der Waals surface area contributed by atoms with E-state index in [0.717, 1.165) is 0 Å². The van der Waals surface area contributed by atoms with Gasteiger partial charge in [-0.1, -0.05) is 0 Å². The zero-order valence-corrected chi connectivity index (χ0v) is 12.5. The fraction of sp³-hybridized carbons (Fsp3) is 1.00. The van der Waals surface area contributed by atoms with Crippen molar-refractivity contribution in [3.8, 4) is 0 Å². The van der Waals surface area contributed by atoms with E-state index in [2.05, 4.69) is 0 Å². The fourth-order valence-corrected chi connectivity index (χ4v) is 2.23. The summed E-state index contributed by atoms with van der Waals surface area (Å²) in [5, 5.41) is 0. The number of hydrogen-bond donors (Lipinski definition) is 0. The van der Waals surface area contributed by atoms with Crippen molar-refractivity contribution in [3.63, 3.8) is 0 Å². The molecule has 0 aromatic carbocycles. The molecule has 106 valence electrons. The van der Waals surface area contributed by atoms with Crippen LogP contribution in [0.25, 0.3) is 0 Å². The Morgan fingerprint density at radius 1 is 1.11 bits per heavy atom. The highest BCUT2D eigenvalue weighted by atomic mass is 16.6. The Labute approximate surface area is 112 Å². The summed E-state index contributed by atoms with van der Waals surface area (Å²) < 4.78 is 23.3. The van der Waals surface area contributed by atoms with Crippen LogP contribution < -0.4 is 0 Å². The minimum Gasteiger partial charge on any atom is -0.376 e. The number of ether oxygens (including phenoxy) is 4. The highest BCUT2D eigenvalue weighted by molar-refractivity contribution is 6.11. The van der Waals surface area contributed by atoms with Crippen molar-refractivity contribution in [3.05, 3.63) is 0 Å². The molecule has 0 amide bonds. The molecule has 1 aliphatic rings. The maximum Gasteiger partial charge on any atom is 0.142 e. The van der Waals surface area contributed by atoms with Gasteiger partial charge in [-0.15, -0.1) is 0 Å². The lowest BCUT2D eigenvalue weighted by Gasteiger charge is -2.25. The van der Waals surface area contributed by atoms with E-state index in [-0.39, 0.29) is 36.5 Å². The lowest BCUT2D eigenvalue weighted by Crippen LogP contribution is -2.40. The van der Waals surface area contributed by atoms with Crippen LogP contribution in [-0.4, -0.2) is 57.6 Å². The lowest BCUT2D eigenvalue weighted by molar-refractivity contribution is -0.0917. The molecule has 18 heavy (non-hydrogen) atoms. The van der Waals surface area contributed by atoms with Gasteiger partial charge < -0.3 is 18.9 Å². The van der Waals surface area contributed by atoms with Gasteiger partial charge in [0.2, 0.25) is 0 Å². The Morgan fingerprint density at radius 2 is 1.78 bits per heavy atom. The van der Waals surface area contributed by atoms with E-state index in [4.69, 9.17) is 18.9 Å². The zero-order chi connectivity index (χ0) is 13.7. The largest absolute Gasteiger partial charge is 0.376 e. The van der Waals surface area contributed by atoms with E-state index < -0.39 is 0 Å². The minimum atomic E-state index is -0.0360. The molecule has 0 radical (unpaired) electrons. The molecule has 1 saturated heterocycles. The minimum absolute atomic E-state index is 0.00860. The standard InChI is InChI=1S/C13H27BO4/c1-6-15-11-10(7-16-8(2)3)18-13(14)12(11)17-9(4)5/h8-13H,6-7,14H2,1-5H3/t10-,11+,12+,13-/m1/s1. The lowest BCUT2D eigenvalue weighted by atomic mass is 9.92. The average molecular weight is 258 g/mol. The number of hydrogen-bond acceptors (Lipinski definition) is 4. The first-order chi connectivity index (χ1) is 8.45. The highest BCUT2D eigenvalue weighted by Crippen LogP contribution is 2.26. The van der Waals surface area contributed by atoms with Gasteiger partial charge in [0.15, 0.2) is 0 Å². The molecule has 1 fully saturated rings. The molecule has 0 N–H and O–H groups in total. The quantitative estimate of drug-likeness (QED) is 0.638. The van der Waals surface area contributed by atoms with Crippen molar-refractivity contribution in [2.45, 2.75) is 71.1 Å². The predicted octanol–water partition coefficient (Wildman–Crippen LogP) is 0.968. The van der Waals surface area contributed by atoms with E-state index in [9.17, 15) is 0 Å². The molecule has 1 aliphatic heterocycles. The molecule has 4 nitrogen and oxygen atoms in total. The van der Waals surface area contributed by atoms with Gasteiger partial charge in [-0.25, -0.2) is 0 Å². The van der Waals surface area contributed by atoms with Gasteiger partial charge in [-0.05, 0) is 34.6 Å². The van der Waals surface area contributed by atoms with Gasteiger partial charge in [0.05, 0.1) is 24.8 Å². The summed E-state index contributed by atoms with van der Waals surface area (Å²) in [6, 6.07) is 0.0460. The molecule has 4 atom stereocenters. The molecule has 0 aromatic rings. The second-order valence-corrected chi connectivity index (χ2v) is 5.33. The van der Waals surface area contributed by atoms with E-state index >= 15 is 0 Å². The van der Waals surface area contributed by atoms with Crippen molar-refractivity contribution in [2.75, 3.05) is 13.2 Å². The van der Waals surface area contributed by atoms with Crippen molar-refractivity contribution < 1.29 is 18.9 Å². The fourth-order valence-electron chi connectivity index (χ4n) is 2.23. The first-order valence-corrected chi connectivity index (χ1v) is 6.99. The highest BCUT2D eigenvalue weighted by Gasteiger charge is 2.44. The smallest absolute Gasteiger partial charge is 0.142 e. The number of rotatable bonds is 7. The average Bonchev–Trinajstić information content (AvgIpc) is 2.54. The monoisotopic (exact) mass is 258 g/mol. The summed E-state index contributed by atoms with van der Waals surface area (Å²) in [6.45, 7) is 11.3. The summed E-state index contributed by atoms with van der Waals surface area (Å²) in [4.78, 5) is 0. The van der Waals surface area contributed by atoms with Crippen LogP contribution in [0.4, 0.5) is 0 Å². The van der Waals surface area contributed by atoms with Crippen molar-refractivity contribution in [2.24, 2.45) is 0 Å². The Morgan fingerprint density at radius 3 is 2.28 bits per heavy atom. The van der Waals surface area contributed by atoms with Crippen LogP contribution in [0.2, 0.25) is 0 Å². The SMILES string of the molecule is B[C@@H]1O[C@H](COC(C)C)[C@H](OCC)[C@@H]1OC(C)C. The molecule has 0 saturated carbocycles. The summed E-state index contributed by atoms with van der Waals surface area (Å²) in [5.41, 5.74) is 0. The van der Waals surface area contributed by atoms with Gasteiger partial charge in [0.1, 0.15) is 26.2 Å². The summed E-state index contributed by atoms with van der Waals surface area (Å²) in [7, 11) is 2.04. The third-order valence-electron chi connectivity index (χ3n) is 2.92. The van der Waals surface area contributed by atoms with Crippen LogP contribution in [0.3, 0.4) is 0 Å². The molecule has 0 unspecified atom stereocenters. The predicted molar refractivity (Wildman–Crippen MR) is 73.7 cm³/mol. The van der Waals surface area contributed by atoms with Crippen molar-refractivity contribution >= 4 is 7.85 Å². The molecule has 1 rings (SSSR count). The topological polar surface area (TPSA) is 36.9 Å². The van der Waals surface area contributed by atoms with E-state index in [1.54, 1.807) is 0 Å². The van der Waals surface area contributed by atoms with Crippen LogP contribution in [0.5, 0.6) is 0 Å². The molecule has 0 bridgehead atoms. The molecule has 0 spiro atoms. The molecule has 0 aromatic heterocycles. The Hall–Kier alpha value is -0.0951. The molecule has 5 heteroatoms. The summed E-state index contributed by atoms with van der Waals surface area (Å²) >= 11 is 0. The van der Waals surface area contributed by atoms with Gasteiger partial charge in [0, 0.05) is 6.61 Å². The van der Waals surface area contributed by atoms with Crippen molar-refractivity contribution in [1.82, 2.24) is 0 Å². The maximum atomic E-state index is 5.92. The van der Waals surface area contributed by atoms with Crippen molar-refractivity contribution in [1.29, 1.82) is 0 Å². The second-order valence-electron chi connectivity index (χ2n) is 5.33. The van der Waals surface area contributed by atoms with E-state index in [1.165, 1.54) is 0 Å². The Balaban J connectivity index is 2.61. The zero-order valence-electron chi connectivity index (χ0n) is 12.5. The molecular weight excluding hydrogens is 231 g/mol. The van der Waals surface area contributed by atoms with Crippen LogP contribution in [0, 0.1) is 0 Å². The van der Waals surface area contributed by atoms with Crippen LogP contribution in [0.15, 0.2) is 0 Å². The maximum absolute atomic E-state index is 5.92. The second kappa shape index (κ2) is 7.48. The third kappa shape index (κ3) is 4.54. The summed E-state index contributed by atoms with van der Waals surface area (Å²) in [6.07, 6.45) is 0.299. The normalized spacial score (nSPS) is 32.6. The molecule has 1 heterocycles. The third-order valence-corrected chi connectivity index (χ3v) is 2.92. The molecule has 0 aliphatic carbocycles. The first kappa shape index (κ1) is 16.0. The Kier molecular flexibility index (Phi) is 6.64. The van der Waals surface area contributed by atoms with Gasteiger partial charge in [0.25, 0.3) is 0 Å². The first-order valence-electron chi connectivity index (χ1n) is 6.99. The van der Waals surface area contributed by atoms with Gasteiger partial charge in [-0.2, -0.15) is 0 Å². The van der Waals surface area contributed by atoms with Crippen LogP contribution in [0.1, 0.15) is 34.6 Å². The Bertz CT molecular complexity index is 235. The van der Waals surface area contributed by atoms with E-state index in [1.807, 2.05) is 42.5 Å². The van der Waals surface area contributed by atoms with E-state index in [0.29, 0.717) is 13.2 Å². The van der Waals surface area contributed by atoms with Crippen LogP contribution in [-0.2, 0) is 18.9 Å². The van der Waals surface area contributed by atoms with Gasteiger partial charge >= 0.3 is 0 Å². The molecular formula is C13H27BO4. The van der Waals surface area contributed by atoms with Gasteiger partial charge in [-0.3, -0.25) is 0 Å². The van der Waals surface area contributed by atoms with Crippen LogP contribution >= 0.6 is 0 Å².